The summed E-state index contributed by atoms with van der Waals surface area (Å²) in [5, 5.41) is 8.83. The Balaban J connectivity index is 2.88. The summed E-state index contributed by atoms with van der Waals surface area (Å²) >= 11 is 1.42. The van der Waals surface area contributed by atoms with Gasteiger partial charge in [-0.3, -0.25) is 9.20 Å². The zero-order valence-corrected chi connectivity index (χ0v) is 9.67. The SMILES string of the molecule is CCc1sc2ncc(C(=O)O)c(=O)n2c1C. The second-order valence-electron chi connectivity index (χ2n) is 3.36. The van der Waals surface area contributed by atoms with Crippen LogP contribution in [0.25, 0.3) is 4.96 Å². The number of nitrogens with zero attached hydrogens (tertiary/aromatic N) is 2. The van der Waals surface area contributed by atoms with Crippen molar-refractivity contribution >= 4 is 22.3 Å². The van der Waals surface area contributed by atoms with E-state index in [1.54, 1.807) is 6.92 Å². The van der Waals surface area contributed by atoms with Crippen molar-refractivity contribution < 1.29 is 9.90 Å². The summed E-state index contributed by atoms with van der Waals surface area (Å²) in [5.74, 6) is -1.24. The van der Waals surface area contributed by atoms with E-state index in [2.05, 4.69) is 4.98 Å². The molecule has 2 aromatic heterocycles. The summed E-state index contributed by atoms with van der Waals surface area (Å²) in [5.41, 5.74) is -0.0184. The van der Waals surface area contributed by atoms with Crippen molar-refractivity contribution in [2.45, 2.75) is 20.3 Å². The summed E-state index contributed by atoms with van der Waals surface area (Å²) in [6, 6.07) is 0. The van der Waals surface area contributed by atoms with E-state index < -0.39 is 11.5 Å². The molecule has 6 heteroatoms. The van der Waals surface area contributed by atoms with Gasteiger partial charge in [-0.1, -0.05) is 6.92 Å². The van der Waals surface area contributed by atoms with Gasteiger partial charge in [0.25, 0.3) is 5.56 Å². The first-order valence-corrected chi connectivity index (χ1v) is 5.61. The van der Waals surface area contributed by atoms with E-state index in [-0.39, 0.29) is 5.56 Å². The average molecular weight is 238 g/mol. The van der Waals surface area contributed by atoms with Crippen LogP contribution in [0.2, 0.25) is 0 Å². The van der Waals surface area contributed by atoms with Gasteiger partial charge in [-0.15, -0.1) is 11.3 Å². The van der Waals surface area contributed by atoms with Gasteiger partial charge < -0.3 is 5.11 Å². The molecule has 0 aliphatic rings. The lowest BCUT2D eigenvalue weighted by atomic mass is 10.3. The second-order valence-corrected chi connectivity index (χ2v) is 4.43. The van der Waals surface area contributed by atoms with Gasteiger partial charge in [0.05, 0.1) is 6.20 Å². The number of fused-ring (bicyclic) bond motifs is 1. The van der Waals surface area contributed by atoms with Gasteiger partial charge in [-0.25, -0.2) is 9.78 Å². The third-order valence-corrected chi connectivity index (χ3v) is 3.73. The van der Waals surface area contributed by atoms with Gasteiger partial charge >= 0.3 is 5.97 Å². The van der Waals surface area contributed by atoms with E-state index in [1.165, 1.54) is 15.7 Å². The van der Waals surface area contributed by atoms with Crippen LogP contribution in [0, 0.1) is 6.92 Å². The van der Waals surface area contributed by atoms with Crippen LogP contribution in [0.5, 0.6) is 0 Å². The summed E-state index contributed by atoms with van der Waals surface area (Å²) in [6.45, 7) is 3.79. The third-order valence-electron chi connectivity index (χ3n) is 2.43. The lowest BCUT2D eigenvalue weighted by Crippen LogP contribution is -2.22. The smallest absolute Gasteiger partial charge is 0.342 e. The molecule has 0 atom stereocenters. The van der Waals surface area contributed by atoms with Gasteiger partial charge in [-0.2, -0.15) is 0 Å². The number of hydrogen-bond donors (Lipinski definition) is 1. The topological polar surface area (TPSA) is 71.7 Å². The zero-order chi connectivity index (χ0) is 11.9. The Morgan fingerprint density at radius 2 is 2.31 bits per heavy atom. The maximum Gasteiger partial charge on any atom is 0.342 e. The molecule has 0 aliphatic heterocycles. The minimum Gasteiger partial charge on any atom is -0.477 e. The molecule has 0 spiro atoms. The summed E-state index contributed by atoms with van der Waals surface area (Å²) < 4.78 is 1.37. The fourth-order valence-electron chi connectivity index (χ4n) is 1.59. The minimum atomic E-state index is -1.24. The Hall–Kier alpha value is -1.69. The number of thiazole rings is 1. The molecular formula is C10H10N2O3S. The Bertz CT molecular complexity index is 627. The number of carboxylic acids is 1. The van der Waals surface area contributed by atoms with Crippen LogP contribution < -0.4 is 5.56 Å². The normalized spacial score (nSPS) is 10.9. The molecule has 84 valence electrons. The van der Waals surface area contributed by atoms with Crippen LogP contribution in [0.15, 0.2) is 11.0 Å². The molecule has 0 saturated carbocycles. The predicted octanol–water partition coefficient (Wildman–Crippen LogP) is 1.33. The van der Waals surface area contributed by atoms with E-state index in [1.807, 2.05) is 6.92 Å². The van der Waals surface area contributed by atoms with Gasteiger partial charge in [-0.05, 0) is 13.3 Å². The largest absolute Gasteiger partial charge is 0.477 e. The van der Waals surface area contributed by atoms with E-state index in [9.17, 15) is 9.59 Å². The maximum absolute atomic E-state index is 11.9. The Labute approximate surface area is 95.0 Å². The molecule has 5 nitrogen and oxygen atoms in total. The van der Waals surface area contributed by atoms with Crippen molar-refractivity contribution in [3.8, 4) is 0 Å². The number of aromatic nitrogens is 2. The molecule has 1 N–H and O–H groups in total. The quantitative estimate of drug-likeness (QED) is 0.856. The first-order chi connectivity index (χ1) is 7.56. The van der Waals surface area contributed by atoms with E-state index in [4.69, 9.17) is 5.11 Å². The summed E-state index contributed by atoms with van der Waals surface area (Å²) in [6.07, 6.45) is 1.93. The highest BCUT2D eigenvalue weighted by molar-refractivity contribution is 7.17. The third kappa shape index (κ3) is 1.42. The standard InChI is InChI=1S/C10H10N2O3S/c1-3-7-5(2)12-8(13)6(9(14)15)4-11-10(12)16-7/h4H,3H2,1-2H3,(H,14,15). The van der Waals surface area contributed by atoms with E-state index in [0.29, 0.717) is 4.96 Å². The molecule has 2 rings (SSSR count). The lowest BCUT2D eigenvalue weighted by Gasteiger charge is -1.97. The number of carboxylic acid groups (broad SMARTS) is 1. The maximum atomic E-state index is 11.9. The van der Waals surface area contributed by atoms with E-state index >= 15 is 0 Å². The molecular weight excluding hydrogens is 228 g/mol. The van der Waals surface area contributed by atoms with Crippen LogP contribution in [0.3, 0.4) is 0 Å². The highest BCUT2D eigenvalue weighted by Crippen LogP contribution is 2.20. The van der Waals surface area contributed by atoms with Crippen molar-refractivity contribution in [2.75, 3.05) is 0 Å². The Kier molecular flexibility index (Phi) is 2.51. The van der Waals surface area contributed by atoms with Crippen LogP contribution in [-0.4, -0.2) is 20.5 Å². The zero-order valence-electron chi connectivity index (χ0n) is 8.85. The molecule has 16 heavy (non-hydrogen) atoms. The minimum absolute atomic E-state index is 0.291. The molecule has 2 heterocycles. The van der Waals surface area contributed by atoms with Crippen LogP contribution in [0.1, 0.15) is 27.9 Å². The second kappa shape index (κ2) is 3.71. The number of aromatic carboxylic acids is 1. The van der Waals surface area contributed by atoms with Crippen molar-refractivity contribution in [3.05, 3.63) is 32.7 Å². The fourth-order valence-corrected chi connectivity index (χ4v) is 2.61. The molecule has 0 unspecified atom stereocenters. The first-order valence-electron chi connectivity index (χ1n) is 4.79. The lowest BCUT2D eigenvalue weighted by molar-refractivity contribution is 0.0694. The molecule has 0 fully saturated rings. The Morgan fingerprint density at radius 1 is 1.62 bits per heavy atom. The monoisotopic (exact) mass is 238 g/mol. The molecule has 0 aromatic carbocycles. The highest BCUT2D eigenvalue weighted by Gasteiger charge is 2.15. The van der Waals surface area contributed by atoms with Crippen molar-refractivity contribution in [1.29, 1.82) is 0 Å². The van der Waals surface area contributed by atoms with Gasteiger partial charge in [0.2, 0.25) is 0 Å². The highest BCUT2D eigenvalue weighted by atomic mass is 32.1. The summed E-state index contributed by atoms with van der Waals surface area (Å²) in [7, 11) is 0. The number of aryl methyl sites for hydroxylation is 2. The molecule has 0 radical (unpaired) electrons. The predicted molar refractivity (Wildman–Crippen MR) is 60.4 cm³/mol. The molecule has 0 saturated heterocycles. The van der Waals surface area contributed by atoms with Crippen LogP contribution in [0.4, 0.5) is 0 Å². The van der Waals surface area contributed by atoms with Crippen molar-refractivity contribution in [2.24, 2.45) is 0 Å². The van der Waals surface area contributed by atoms with Crippen LogP contribution >= 0.6 is 11.3 Å². The number of carbonyl (C=O) groups is 1. The first kappa shape index (κ1) is 10.8. The molecule has 2 aromatic rings. The van der Waals surface area contributed by atoms with Crippen LogP contribution in [-0.2, 0) is 6.42 Å². The molecule has 0 aliphatic carbocycles. The number of hydrogen-bond acceptors (Lipinski definition) is 4. The summed E-state index contributed by atoms with van der Waals surface area (Å²) in [4.78, 5) is 28.3. The average Bonchev–Trinajstić information content (AvgIpc) is 2.56. The Morgan fingerprint density at radius 3 is 2.88 bits per heavy atom. The fraction of sp³-hybridized carbons (Fsp3) is 0.300. The molecule has 0 bridgehead atoms. The van der Waals surface area contributed by atoms with Crippen molar-refractivity contribution in [1.82, 2.24) is 9.38 Å². The van der Waals surface area contributed by atoms with Gasteiger partial charge in [0.1, 0.15) is 5.56 Å². The van der Waals surface area contributed by atoms with Crippen molar-refractivity contribution in [3.63, 3.8) is 0 Å². The number of rotatable bonds is 2. The molecule has 0 amide bonds. The van der Waals surface area contributed by atoms with E-state index in [0.717, 1.165) is 23.2 Å². The van der Waals surface area contributed by atoms with Gasteiger partial charge in [0, 0.05) is 10.6 Å². The van der Waals surface area contributed by atoms with Gasteiger partial charge in [0.15, 0.2) is 4.96 Å².